The number of aromatic nitrogens is 11. The molecule has 4 aliphatic rings. The summed E-state index contributed by atoms with van der Waals surface area (Å²) in [6.07, 6.45) is 18.0. The van der Waals surface area contributed by atoms with E-state index in [1.807, 2.05) is 121 Å². The zero-order valence-electron chi connectivity index (χ0n) is 59.4. The van der Waals surface area contributed by atoms with E-state index in [0.717, 1.165) is 115 Å². The third kappa shape index (κ3) is 20.5. The summed E-state index contributed by atoms with van der Waals surface area (Å²) in [6, 6.07) is 41.4. The number of nitrogens with two attached hydrogens (primary N) is 1. The van der Waals surface area contributed by atoms with Crippen molar-refractivity contribution in [2.45, 2.75) is 166 Å². The lowest BCUT2D eigenvalue weighted by Gasteiger charge is -2.36. The van der Waals surface area contributed by atoms with Crippen LogP contribution in [0.3, 0.4) is 0 Å². The molecule has 4 aliphatic carbocycles. The van der Waals surface area contributed by atoms with Gasteiger partial charge in [-0.1, -0.05) is 85.7 Å². The number of azide groups is 1. The predicted molar refractivity (Wildman–Crippen MR) is 400 cm³/mol. The number of aliphatic hydroxyl groups excluding tert-OH is 1. The summed E-state index contributed by atoms with van der Waals surface area (Å²) >= 11 is 3.37. The number of hydrogen-bond donors (Lipinski definition) is 6. The molecule has 4 saturated carbocycles. The number of nitrogens with zero attached hydrogens (tertiary/aromatic N) is 14. The number of benzene rings is 3. The summed E-state index contributed by atoms with van der Waals surface area (Å²) in [5.41, 5.74) is 21.2. The second-order valence-electron chi connectivity index (χ2n) is 26.8. The minimum Gasteiger partial charge on any atom is -0.497 e. The standard InChI is InChI=1S/C21H21N7O2.C19H17N3O2.C12H20BrNOSi.C10H12N4O.C10H13NO2.C4H6O/c1-30-16-7-3-6-14-18(24-20(22)25-19(14)16)15-12-28(27-26-15)11-13-5-2-8-17(23-13)21(29)9-4-10-21;1-4-16-15-6-5-7-17(24-3)18(15)22-19(21-16)20-12-13-8-10-14(23-2)11-9-13;1-12(2,3)16(4,5)15-9-10-7-6-8-11(13)14-10;11-14-12-7-8-3-1-4-9(13-8)10(15)5-2-6-10;12-7-8-3-1-4-9(11-8)10(13)5-2-6-10;5-4-2-1-3-4/h2-3,5-8,12,29H,4,9-11H2,1H3,(H2,22,24,25);1,5-11H,12H2,2-3H3,(H,20,21,22);6-8H,9H2,1-5H3;1,3-4,15H,2,5-7H2;1,3-4,12-13H,2,5-7H2;1-3H2. The van der Waals surface area contributed by atoms with Gasteiger partial charge in [-0.05, 0) is 194 Å². The number of hydrogen-bond acceptors (Lipinski definition) is 22. The summed E-state index contributed by atoms with van der Waals surface area (Å²) < 4.78 is 24.6. The average molecular weight is 1480 g/mol. The molecule has 0 amide bonds. The van der Waals surface area contributed by atoms with Crippen LogP contribution in [-0.2, 0) is 58.9 Å². The zero-order chi connectivity index (χ0) is 73.8. The molecule has 7 heterocycles. The molecule has 25 nitrogen and oxygen atoms in total. The third-order valence-electron chi connectivity index (χ3n) is 18.6. The number of aliphatic hydroxyl groups is 4. The second kappa shape index (κ2) is 35.3. The first-order chi connectivity index (χ1) is 49.4. The Morgan fingerprint density at radius 2 is 1.19 bits per heavy atom. The first-order valence-corrected chi connectivity index (χ1v) is 37.8. The van der Waals surface area contributed by atoms with Gasteiger partial charge in [0.2, 0.25) is 11.9 Å². The lowest BCUT2D eigenvalue weighted by molar-refractivity contribution is -0.123. The SMILES string of the molecule is C#Cc1nc(NCc2ccc(OC)cc2)nc2c(OC)cccc12.CC(C)(C)[Si](C)(C)OCc1cccc(Br)n1.COc1cccc2c(-c3cn(Cc4cccc(C5(O)CCC5)n4)nn3)nc(N)nc12.O=C1CCC1.OCc1cccc(C2(O)CCC2)n1.[N-]=[N+]=NCc1cccc(C2(O)CCC2)n1. The summed E-state index contributed by atoms with van der Waals surface area (Å²) in [7, 11) is 3.18. The van der Waals surface area contributed by atoms with Gasteiger partial charge in [0, 0.05) is 40.8 Å². The van der Waals surface area contributed by atoms with Crippen LogP contribution < -0.4 is 25.3 Å². The van der Waals surface area contributed by atoms with Crippen LogP contribution in [0.4, 0.5) is 11.9 Å². The number of carbonyl (C=O) groups excluding carboxylic acids is 1. The second-order valence-corrected chi connectivity index (χ2v) is 32.4. The van der Waals surface area contributed by atoms with Gasteiger partial charge in [-0.25, -0.2) is 29.6 Å². The molecule has 0 spiro atoms. The first kappa shape index (κ1) is 77.3. The fourth-order valence-corrected chi connectivity index (χ4v) is 12.1. The molecule has 0 unspecified atom stereocenters. The summed E-state index contributed by atoms with van der Waals surface area (Å²) in [4.78, 5) is 47.7. The molecule has 538 valence electrons. The monoisotopic (exact) mass is 1480 g/mol. The number of terminal acetylenes is 1. The molecular weight excluding hydrogens is 1390 g/mol. The number of para-hydroxylation sites is 2. The normalized spacial score (nSPS) is 14.9. The van der Waals surface area contributed by atoms with Crippen molar-refractivity contribution in [2.24, 2.45) is 5.11 Å². The largest absolute Gasteiger partial charge is 0.497 e. The molecule has 7 aromatic heterocycles. The van der Waals surface area contributed by atoms with Crippen LogP contribution in [0.15, 0.2) is 149 Å². The van der Waals surface area contributed by atoms with Crippen LogP contribution in [0.5, 0.6) is 17.2 Å². The van der Waals surface area contributed by atoms with Crippen molar-refractivity contribution >= 4 is 63.7 Å². The number of Topliss-reactive ketones (excluding diaryl/α,β-unsaturated/α-hetero) is 1. The number of nitrogens with one attached hydrogen (secondary N) is 1. The van der Waals surface area contributed by atoms with Crippen LogP contribution in [-0.4, -0.2) is 111 Å². The minimum absolute atomic E-state index is 0.0656. The fraction of sp³-hybridized carbons (Fsp3) is 0.382. The van der Waals surface area contributed by atoms with Crippen molar-refractivity contribution in [3.63, 3.8) is 0 Å². The predicted octanol–water partition coefficient (Wildman–Crippen LogP) is 13.8. The minimum atomic E-state index is -1.66. The summed E-state index contributed by atoms with van der Waals surface area (Å²) in [6.45, 7) is 13.0. The van der Waals surface area contributed by atoms with E-state index >= 15 is 0 Å². The van der Waals surface area contributed by atoms with Crippen molar-refractivity contribution < 1.29 is 43.9 Å². The van der Waals surface area contributed by atoms with Gasteiger partial charge in [-0.3, -0.25) is 19.7 Å². The fourth-order valence-electron chi connectivity index (χ4n) is 10.8. The van der Waals surface area contributed by atoms with Crippen molar-refractivity contribution in [3.05, 3.63) is 206 Å². The Morgan fingerprint density at radius 3 is 1.70 bits per heavy atom. The molecule has 0 aliphatic heterocycles. The number of methoxy groups -OCH3 is 3. The summed E-state index contributed by atoms with van der Waals surface area (Å²) in [5.74, 6) is 5.75. The van der Waals surface area contributed by atoms with E-state index in [-0.39, 0.29) is 24.1 Å². The van der Waals surface area contributed by atoms with Gasteiger partial charge in [0.05, 0.1) is 88.0 Å². The number of anilines is 2. The summed E-state index contributed by atoms with van der Waals surface area (Å²) in [5, 5.41) is 56.4. The number of fused-ring (bicyclic) bond motifs is 2. The Labute approximate surface area is 609 Å². The van der Waals surface area contributed by atoms with Crippen LogP contribution in [0.1, 0.15) is 149 Å². The van der Waals surface area contributed by atoms with Gasteiger partial charge in [0.25, 0.3) is 0 Å². The molecular formula is C76H89BrN16O9Si. The third-order valence-corrected chi connectivity index (χ3v) is 23.5. The topological polar surface area (TPSA) is 356 Å². The highest BCUT2D eigenvalue weighted by Gasteiger charge is 2.40. The van der Waals surface area contributed by atoms with Crippen LogP contribution in [0.25, 0.3) is 43.6 Å². The van der Waals surface area contributed by atoms with E-state index < -0.39 is 25.1 Å². The number of ether oxygens (including phenoxy) is 3. The van der Waals surface area contributed by atoms with E-state index in [1.54, 1.807) is 44.3 Å². The van der Waals surface area contributed by atoms with Gasteiger partial charge in [-0.15, -0.1) is 11.5 Å². The van der Waals surface area contributed by atoms with E-state index in [1.165, 1.54) is 0 Å². The maximum atomic E-state index is 10.6. The highest BCUT2D eigenvalue weighted by atomic mass is 79.9. The molecule has 0 radical (unpaired) electrons. The van der Waals surface area contributed by atoms with Crippen molar-refractivity contribution in [1.29, 1.82) is 0 Å². The number of rotatable bonds is 18. The lowest BCUT2D eigenvalue weighted by atomic mass is 9.77. The van der Waals surface area contributed by atoms with E-state index in [4.69, 9.17) is 41.4 Å². The van der Waals surface area contributed by atoms with Gasteiger partial charge in [-0.2, -0.15) is 0 Å². The van der Waals surface area contributed by atoms with Crippen molar-refractivity contribution in [1.82, 2.24) is 54.9 Å². The van der Waals surface area contributed by atoms with Crippen molar-refractivity contribution in [2.75, 3.05) is 32.4 Å². The van der Waals surface area contributed by atoms with Crippen LogP contribution >= 0.6 is 15.9 Å². The number of ketones is 1. The Hall–Kier alpha value is -9.88. The molecule has 10 aromatic rings. The molecule has 103 heavy (non-hydrogen) atoms. The molecule has 3 aromatic carbocycles. The Kier molecular flexibility index (Phi) is 26.5. The number of nitrogen functional groups attached to an aromatic ring is 1. The smallest absolute Gasteiger partial charge is 0.224 e. The number of carbonyl (C=O) groups is 1. The van der Waals surface area contributed by atoms with Crippen molar-refractivity contribution in [3.8, 4) is 41.0 Å². The molecule has 4 fully saturated rings. The quantitative estimate of drug-likeness (QED) is 0.0116. The molecule has 0 bridgehead atoms. The molecule has 14 rings (SSSR count). The molecule has 7 N–H and O–H groups in total. The maximum Gasteiger partial charge on any atom is 0.224 e. The van der Waals surface area contributed by atoms with E-state index in [9.17, 15) is 20.1 Å². The Morgan fingerprint density at radius 1 is 0.670 bits per heavy atom. The molecule has 27 heteroatoms. The maximum absolute atomic E-state index is 10.6. The molecule has 0 saturated heterocycles. The van der Waals surface area contributed by atoms with Gasteiger partial charge < -0.3 is 50.1 Å². The van der Waals surface area contributed by atoms with Crippen LogP contribution in [0.2, 0.25) is 18.1 Å². The zero-order valence-corrected chi connectivity index (χ0v) is 62.0. The highest BCUT2D eigenvalue weighted by Crippen LogP contribution is 2.43. The Balaban J connectivity index is 0.000000152. The average Bonchev–Trinajstić information content (AvgIpc) is 1.77. The first-order valence-electron chi connectivity index (χ1n) is 34.1. The molecule has 0 atom stereocenters. The van der Waals surface area contributed by atoms with Crippen LogP contribution in [0, 0.1) is 12.3 Å². The highest BCUT2D eigenvalue weighted by molar-refractivity contribution is 9.10. The van der Waals surface area contributed by atoms with E-state index in [2.05, 4.69) is 121 Å². The number of pyridine rings is 4. The van der Waals surface area contributed by atoms with E-state index in [0.29, 0.717) is 99.5 Å². The lowest BCUT2D eigenvalue weighted by Crippen LogP contribution is -2.40. The Bertz CT molecular complexity index is 4600. The van der Waals surface area contributed by atoms with Gasteiger partial charge in [0.15, 0.2) is 8.32 Å². The van der Waals surface area contributed by atoms with Gasteiger partial charge >= 0.3 is 0 Å². The number of halogens is 1. The van der Waals surface area contributed by atoms with Gasteiger partial charge in [0.1, 0.15) is 72.6 Å².